The Labute approximate surface area is 131 Å². The Morgan fingerprint density at radius 1 is 1.38 bits per heavy atom. The van der Waals surface area contributed by atoms with Crippen molar-refractivity contribution < 1.29 is 0 Å². The molecule has 0 bridgehead atoms. The quantitative estimate of drug-likeness (QED) is 0.836. The van der Waals surface area contributed by atoms with Crippen LogP contribution in [0.4, 0.5) is 5.13 Å². The number of fused-ring (bicyclic) bond motifs is 1. The summed E-state index contributed by atoms with van der Waals surface area (Å²) in [4.78, 5) is 7.34. The fourth-order valence-electron chi connectivity index (χ4n) is 3.13. The molecule has 1 fully saturated rings. The number of anilines is 1. The number of aryl methyl sites for hydroxylation is 1. The lowest BCUT2D eigenvalue weighted by Crippen LogP contribution is -2.38. The molecule has 114 valence electrons. The molecule has 1 unspecified atom stereocenters. The minimum Gasteiger partial charge on any atom is -0.361 e. The Hall–Kier alpha value is -1.13. The van der Waals surface area contributed by atoms with Crippen molar-refractivity contribution in [2.75, 3.05) is 25.0 Å². The number of thiazole rings is 1. The van der Waals surface area contributed by atoms with E-state index in [-0.39, 0.29) is 0 Å². The van der Waals surface area contributed by atoms with Gasteiger partial charge in [0.2, 0.25) is 0 Å². The van der Waals surface area contributed by atoms with Crippen molar-refractivity contribution in [2.24, 2.45) is 0 Å². The van der Waals surface area contributed by atoms with Crippen LogP contribution in [0.3, 0.4) is 0 Å². The van der Waals surface area contributed by atoms with E-state index in [1.165, 1.54) is 49.0 Å². The number of nitrogens with zero attached hydrogens (tertiary/aromatic N) is 2. The van der Waals surface area contributed by atoms with Crippen LogP contribution < -0.4 is 5.32 Å². The largest absolute Gasteiger partial charge is 0.361 e. The molecule has 4 heteroatoms. The van der Waals surface area contributed by atoms with Crippen LogP contribution in [-0.4, -0.2) is 35.6 Å². The number of piperidine rings is 1. The van der Waals surface area contributed by atoms with E-state index in [9.17, 15) is 0 Å². The SMILES string of the molecule is Cc1cccc2sc(NCCCN3CCCCC3C)nc12. The van der Waals surface area contributed by atoms with Gasteiger partial charge in [-0.3, -0.25) is 0 Å². The smallest absolute Gasteiger partial charge is 0.183 e. The number of benzene rings is 1. The van der Waals surface area contributed by atoms with Crippen LogP contribution >= 0.6 is 11.3 Å². The standard InChI is InChI=1S/C17H25N3S/c1-13-7-5-9-15-16(13)19-17(21-15)18-10-6-12-20-11-4-3-8-14(20)2/h5,7,9,14H,3-4,6,8,10-12H2,1-2H3,(H,18,19). The highest BCUT2D eigenvalue weighted by molar-refractivity contribution is 7.22. The third kappa shape index (κ3) is 3.55. The van der Waals surface area contributed by atoms with Gasteiger partial charge >= 0.3 is 0 Å². The fourth-order valence-corrected chi connectivity index (χ4v) is 4.10. The van der Waals surface area contributed by atoms with E-state index < -0.39 is 0 Å². The molecule has 0 spiro atoms. The molecular weight excluding hydrogens is 278 g/mol. The summed E-state index contributed by atoms with van der Waals surface area (Å²) in [5, 5.41) is 4.56. The molecule has 0 aliphatic carbocycles. The Morgan fingerprint density at radius 3 is 3.10 bits per heavy atom. The van der Waals surface area contributed by atoms with E-state index in [2.05, 4.69) is 42.3 Å². The molecule has 2 aromatic rings. The third-order valence-electron chi connectivity index (χ3n) is 4.46. The average Bonchev–Trinajstić information content (AvgIpc) is 2.90. The highest BCUT2D eigenvalue weighted by Gasteiger charge is 2.17. The summed E-state index contributed by atoms with van der Waals surface area (Å²) in [6, 6.07) is 7.16. The zero-order chi connectivity index (χ0) is 14.7. The Kier molecular flexibility index (Phi) is 4.76. The van der Waals surface area contributed by atoms with Crippen LogP contribution in [0.5, 0.6) is 0 Å². The lowest BCUT2D eigenvalue weighted by Gasteiger charge is -2.33. The molecule has 1 aliphatic heterocycles. The predicted octanol–water partition coefficient (Wildman–Crippen LogP) is 4.28. The second-order valence-corrected chi connectivity index (χ2v) is 7.13. The van der Waals surface area contributed by atoms with Crippen molar-refractivity contribution in [3.63, 3.8) is 0 Å². The molecule has 0 radical (unpaired) electrons. The van der Waals surface area contributed by atoms with Crippen LogP contribution in [0.25, 0.3) is 10.2 Å². The molecule has 0 amide bonds. The number of para-hydroxylation sites is 1. The first-order chi connectivity index (χ1) is 10.2. The van der Waals surface area contributed by atoms with Gasteiger partial charge in [-0.25, -0.2) is 4.98 Å². The number of aromatic nitrogens is 1. The average molecular weight is 303 g/mol. The number of hydrogen-bond acceptors (Lipinski definition) is 4. The summed E-state index contributed by atoms with van der Waals surface area (Å²) in [5.41, 5.74) is 2.41. The summed E-state index contributed by atoms with van der Waals surface area (Å²) >= 11 is 1.76. The van der Waals surface area contributed by atoms with Crippen molar-refractivity contribution in [2.45, 2.75) is 45.6 Å². The molecule has 1 aliphatic rings. The van der Waals surface area contributed by atoms with Gasteiger partial charge in [-0.1, -0.05) is 29.9 Å². The zero-order valence-corrected chi connectivity index (χ0v) is 13.9. The van der Waals surface area contributed by atoms with E-state index in [4.69, 9.17) is 4.98 Å². The highest BCUT2D eigenvalue weighted by atomic mass is 32.1. The van der Waals surface area contributed by atoms with Gasteiger partial charge in [0.25, 0.3) is 0 Å². The number of nitrogens with one attached hydrogen (secondary N) is 1. The van der Waals surface area contributed by atoms with Crippen LogP contribution in [0.2, 0.25) is 0 Å². The number of likely N-dealkylation sites (tertiary alicyclic amines) is 1. The van der Waals surface area contributed by atoms with Crippen LogP contribution in [-0.2, 0) is 0 Å². The monoisotopic (exact) mass is 303 g/mol. The van der Waals surface area contributed by atoms with Crippen molar-refractivity contribution >= 4 is 26.7 Å². The summed E-state index contributed by atoms with van der Waals surface area (Å²) in [6.07, 6.45) is 5.33. The van der Waals surface area contributed by atoms with E-state index in [0.717, 1.165) is 23.2 Å². The second kappa shape index (κ2) is 6.75. The minimum atomic E-state index is 0.767. The lowest BCUT2D eigenvalue weighted by atomic mass is 10.0. The first-order valence-corrected chi connectivity index (χ1v) is 8.90. The van der Waals surface area contributed by atoms with Crippen LogP contribution in [0, 0.1) is 6.92 Å². The number of hydrogen-bond donors (Lipinski definition) is 1. The molecule has 1 aromatic heterocycles. The van der Waals surface area contributed by atoms with Gasteiger partial charge in [0.15, 0.2) is 5.13 Å². The van der Waals surface area contributed by atoms with E-state index in [1.54, 1.807) is 11.3 Å². The van der Waals surface area contributed by atoms with Crippen LogP contribution in [0.1, 0.15) is 38.2 Å². The molecule has 1 saturated heterocycles. The first kappa shape index (κ1) is 14.8. The maximum Gasteiger partial charge on any atom is 0.183 e. The topological polar surface area (TPSA) is 28.2 Å². The van der Waals surface area contributed by atoms with E-state index in [0.29, 0.717) is 0 Å². The van der Waals surface area contributed by atoms with Crippen LogP contribution in [0.15, 0.2) is 18.2 Å². The molecule has 2 heterocycles. The normalized spacial score (nSPS) is 20.0. The van der Waals surface area contributed by atoms with Gasteiger partial charge in [-0.05, 0) is 51.3 Å². The molecule has 1 N–H and O–H groups in total. The Balaban J connectivity index is 1.49. The summed E-state index contributed by atoms with van der Waals surface area (Å²) < 4.78 is 1.28. The highest BCUT2D eigenvalue weighted by Crippen LogP contribution is 2.27. The van der Waals surface area contributed by atoms with Gasteiger partial charge in [0.05, 0.1) is 10.2 Å². The van der Waals surface area contributed by atoms with Gasteiger partial charge in [0.1, 0.15) is 0 Å². The molecule has 0 saturated carbocycles. The first-order valence-electron chi connectivity index (χ1n) is 8.08. The van der Waals surface area contributed by atoms with E-state index >= 15 is 0 Å². The summed E-state index contributed by atoms with van der Waals surface area (Å²) in [6.45, 7) is 7.99. The zero-order valence-electron chi connectivity index (χ0n) is 13.1. The molecule has 21 heavy (non-hydrogen) atoms. The molecule has 3 rings (SSSR count). The van der Waals surface area contributed by atoms with Crippen molar-refractivity contribution in [3.8, 4) is 0 Å². The minimum absolute atomic E-state index is 0.767. The molecule has 3 nitrogen and oxygen atoms in total. The van der Waals surface area contributed by atoms with Crippen molar-refractivity contribution in [1.29, 1.82) is 0 Å². The molecular formula is C17H25N3S. The van der Waals surface area contributed by atoms with Gasteiger partial charge in [-0.2, -0.15) is 0 Å². The van der Waals surface area contributed by atoms with Gasteiger partial charge in [-0.15, -0.1) is 0 Å². The third-order valence-corrected chi connectivity index (χ3v) is 5.44. The Morgan fingerprint density at radius 2 is 2.29 bits per heavy atom. The van der Waals surface area contributed by atoms with Gasteiger partial charge < -0.3 is 10.2 Å². The molecule has 1 atom stereocenters. The maximum absolute atomic E-state index is 4.71. The lowest BCUT2D eigenvalue weighted by molar-refractivity contribution is 0.160. The van der Waals surface area contributed by atoms with E-state index in [1.807, 2.05) is 0 Å². The maximum atomic E-state index is 4.71. The molecule has 1 aromatic carbocycles. The van der Waals surface area contributed by atoms with Crippen molar-refractivity contribution in [1.82, 2.24) is 9.88 Å². The van der Waals surface area contributed by atoms with Gasteiger partial charge in [0, 0.05) is 19.1 Å². The number of rotatable bonds is 5. The van der Waals surface area contributed by atoms with Crippen molar-refractivity contribution in [3.05, 3.63) is 23.8 Å². The predicted molar refractivity (Wildman–Crippen MR) is 92.3 cm³/mol. The summed E-state index contributed by atoms with van der Waals surface area (Å²) in [7, 11) is 0. The fraction of sp³-hybridized carbons (Fsp3) is 0.588. The Bertz CT molecular complexity index is 593. The second-order valence-electron chi connectivity index (χ2n) is 6.10. The summed E-state index contributed by atoms with van der Waals surface area (Å²) in [5.74, 6) is 0.